The van der Waals surface area contributed by atoms with Crippen molar-refractivity contribution in [2.24, 2.45) is 17.3 Å². The van der Waals surface area contributed by atoms with Gasteiger partial charge in [0.25, 0.3) is 7.37 Å². The predicted octanol–water partition coefficient (Wildman–Crippen LogP) is 5.69. The lowest BCUT2D eigenvalue weighted by Crippen LogP contribution is -2.51. The third kappa shape index (κ3) is 12.0. The molecule has 2 heterocycles. The van der Waals surface area contributed by atoms with Crippen LogP contribution in [0.4, 0.5) is 4.79 Å². The summed E-state index contributed by atoms with van der Waals surface area (Å²) in [7, 11) is -4.96. The Hall–Kier alpha value is -4.18. The lowest BCUT2D eigenvalue weighted by Gasteiger charge is -2.31. The molecule has 0 saturated carbocycles. The molecule has 1 amide bonds. The monoisotopic (exact) mass is 846 g/mol. The Kier molecular flexibility index (Phi) is 15.3. The summed E-state index contributed by atoms with van der Waals surface area (Å²) in [5.74, 6) is 0.465. The Morgan fingerprint density at radius 1 is 0.948 bits per heavy atom. The number of carbonyl (C=O) groups excluding carboxylic acids is 2. The Morgan fingerprint density at radius 3 is 2.26 bits per heavy atom. The third-order valence-corrected chi connectivity index (χ3v) is 14.0. The number of aliphatic hydroxyl groups excluding tert-OH is 1. The van der Waals surface area contributed by atoms with E-state index in [1.165, 1.54) is 30.7 Å². The van der Waals surface area contributed by atoms with Crippen LogP contribution in [0.25, 0.3) is 0 Å². The van der Waals surface area contributed by atoms with Crippen molar-refractivity contribution in [3.05, 3.63) is 84.4 Å². The van der Waals surface area contributed by atoms with Crippen LogP contribution in [0.2, 0.25) is 0 Å². The van der Waals surface area contributed by atoms with Gasteiger partial charge in [-0.25, -0.2) is 13.2 Å². The van der Waals surface area contributed by atoms with Crippen molar-refractivity contribution in [1.29, 1.82) is 0 Å². The van der Waals surface area contributed by atoms with Crippen molar-refractivity contribution >= 4 is 29.5 Å². The molecule has 3 aromatic carbocycles. The molecular formula is C41H55N2O13PS. The zero-order chi connectivity index (χ0) is 42.1. The van der Waals surface area contributed by atoms with Crippen LogP contribution in [0.15, 0.2) is 83.8 Å². The van der Waals surface area contributed by atoms with E-state index in [9.17, 15) is 27.7 Å². The van der Waals surface area contributed by atoms with Gasteiger partial charge < -0.3 is 43.4 Å². The maximum Gasteiger partial charge on any atom is 0.407 e. The van der Waals surface area contributed by atoms with Crippen LogP contribution in [0.1, 0.15) is 39.7 Å². The highest BCUT2D eigenvalue weighted by Gasteiger charge is 2.44. The standard InChI is InChI=1S/C41H55N2O13PS/c1-28(2)23-43(58(48,49)33-18-16-30(50-5)17-19-33)24-36(44)35(42-40(46)55-37-25-53-38-34(37)20-21-52-38)22-29-12-14-31(15-13-29)54-27-57(47,26-41(3,4)39(45)51-6)56-32-10-8-7-9-11-32/h7-19,28,34-38,44H,20-27H2,1-6H3,(H,42,46)/t34-,35-,36+,37-,38+,57?/m0/s1. The molecule has 2 saturated heterocycles. The summed E-state index contributed by atoms with van der Waals surface area (Å²) in [6.07, 6.45) is -2.89. The van der Waals surface area contributed by atoms with Gasteiger partial charge in [-0.1, -0.05) is 44.2 Å². The number of para-hydroxylation sites is 1. The second kappa shape index (κ2) is 19.7. The third-order valence-electron chi connectivity index (χ3n) is 9.86. The van der Waals surface area contributed by atoms with Gasteiger partial charge in [-0.3, -0.25) is 9.36 Å². The van der Waals surface area contributed by atoms with Gasteiger partial charge in [0.1, 0.15) is 23.4 Å². The molecule has 318 valence electrons. The summed E-state index contributed by atoms with van der Waals surface area (Å²) in [4.78, 5) is 25.9. The normalized spacial score (nSPS) is 20.1. The maximum atomic E-state index is 14.2. The van der Waals surface area contributed by atoms with E-state index >= 15 is 0 Å². The number of hydrogen-bond donors (Lipinski definition) is 2. The van der Waals surface area contributed by atoms with Crippen molar-refractivity contribution in [2.75, 3.05) is 53.0 Å². The summed E-state index contributed by atoms with van der Waals surface area (Å²) >= 11 is 0. The van der Waals surface area contributed by atoms with E-state index in [-0.39, 0.29) is 55.4 Å². The van der Waals surface area contributed by atoms with Gasteiger partial charge >= 0.3 is 12.1 Å². The molecule has 0 bridgehead atoms. The van der Waals surface area contributed by atoms with Crippen LogP contribution in [-0.2, 0) is 44.8 Å². The van der Waals surface area contributed by atoms with Gasteiger partial charge in [-0.05, 0) is 86.7 Å². The number of benzene rings is 3. The molecule has 0 spiro atoms. The molecule has 5 rings (SSSR count). The highest BCUT2D eigenvalue weighted by Crippen LogP contribution is 2.51. The van der Waals surface area contributed by atoms with E-state index in [0.717, 1.165) is 0 Å². The van der Waals surface area contributed by atoms with Crippen LogP contribution >= 0.6 is 7.37 Å². The fraction of sp³-hybridized carbons (Fsp3) is 0.512. The molecule has 17 heteroatoms. The summed E-state index contributed by atoms with van der Waals surface area (Å²) in [6.45, 7) is 7.43. The molecule has 0 aliphatic carbocycles. The van der Waals surface area contributed by atoms with Gasteiger partial charge in [-0.2, -0.15) is 4.31 Å². The minimum Gasteiger partial charge on any atom is -0.497 e. The number of nitrogens with one attached hydrogen (secondary N) is 1. The number of nitrogens with zero attached hydrogens (tertiary/aromatic N) is 1. The quantitative estimate of drug-likeness (QED) is 0.104. The van der Waals surface area contributed by atoms with E-state index in [0.29, 0.717) is 35.8 Å². The average Bonchev–Trinajstić information content (AvgIpc) is 3.82. The van der Waals surface area contributed by atoms with E-state index in [1.54, 1.807) is 80.6 Å². The lowest BCUT2D eigenvalue weighted by molar-refractivity contribution is -0.149. The second-order valence-electron chi connectivity index (χ2n) is 15.6. The number of sulfonamides is 1. The summed E-state index contributed by atoms with van der Waals surface area (Å²) in [6, 6.07) is 20.3. The summed E-state index contributed by atoms with van der Waals surface area (Å²) in [5.41, 5.74) is -0.471. The number of esters is 1. The Labute approximate surface area is 340 Å². The second-order valence-corrected chi connectivity index (χ2v) is 19.9. The fourth-order valence-corrected chi connectivity index (χ4v) is 10.9. The number of rotatable bonds is 20. The Bertz CT molecular complexity index is 1960. The topological polar surface area (TPSA) is 185 Å². The molecule has 58 heavy (non-hydrogen) atoms. The molecule has 0 aromatic heterocycles. The van der Waals surface area contributed by atoms with Gasteiger partial charge in [-0.15, -0.1) is 0 Å². The van der Waals surface area contributed by atoms with Gasteiger partial charge in [0.2, 0.25) is 10.0 Å². The highest BCUT2D eigenvalue weighted by molar-refractivity contribution is 7.89. The van der Waals surface area contributed by atoms with Crippen molar-refractivity contribution in [3.8, 4) is 17.2 Å². The first-order valence-electron chi connectivity index (χ1n) is 19.2. The van der Waals surface area contributed by atoms with Gasteiger partial charge in [0, 0.05) is 13.1 Å². The average molecular weight is 847 g/mol. The van der Waals surface area contributed by atoms with Crippen molar-refractivity contribution in [1.82, 2.24) is 9.62 Å². The maximum absolute atomic E-state index is 14.2. The number of hydrogen-bond acceptors (Lipinski definition) is 13. The van der Waals surface area contributed by atoms with Crippen LogP contribution in [0.3, 0.4) is 0 Å². The molecule has 2 aliphatic rings. The lowest BCUT2D eigenvalue weighted by atomic mass is 9.97. The molecule has 2 N–H and O–H groups in total. The molecule has 3 aromatic rings. The zero-order valence-corrected chi connectivity index (χ0v) is 35.5. The molecule has 2 aliphatic heterocycles. The SMILES string of the molecule is COC(=O)C(C)(C)CP(=O)(COc1ccc(C[C@H](NC(=O)O[C@H]2CO[C@H]3OCC[C@H]32)[C@H](O)CN(CC(C)C)S(=O)(=O)c2ccc(OC)cc2)cc1)Oc1ccccc1. The van der Waals surface area contributed by atoms with E-state index in [4.69, 9.17) is 32.9 Å². The summed E-state index contributed by atoms with van der Waals surface area (Å²) in [5, 5.41) is 14.5. The minimum absolute atomic E-state index is 0.0304. The zero-order valence-electron chi connectivity index (χ0n) is 33.8. The van der Waals surface area contributed by atoms with Gasteiger partial charge in [0.15, 0.2) is 12.6 Å². The molecule has 0 radical (unpaired) electrons. The van der Waals surface area contributed by atoms with E-state index in [1.807, 2.05) is 13.8 Å². The Balaban J connectivity index is 1.33. The van der Waals surface area contributed by atoms with E-state index < -0.39 is 59.4 Å². The first-order chi connectivity index (χ1) is 27.5. The number of aliphatic hydroxyl groups is 1. The van der Waals surface area contributed by atoms with Crippen molar-refractivity contribution in [2.45, 2.75) is 70.0 Å². The number of fused-ring (bicyclic) bond motifs is 1. The van der Waals surface area contributed by atoms with Crippen molar-refractivity contribution in [3.63, 3.8) is 0 Å². The van der Waals surface area contributed by atoms with Crippen molar-refractivity contribution < 1.29 is 60.6 Å². The van der Waals surface area contributed by atoms with Crippen LogP contribution < -0.4 is 19.3 Å². The number of ether oxygens (including phenoxy) is 6. The highest BCUT2D eigenvalue weighted by atomic mass is 32.2. The minimum atomic E-state index is -4.07. The van der Waals surface area contributed by atoms with Crippen LogP contribution in [0, 0.1) is 17.3 Å². The fourth-order valence-electron chi connectivity index (χ4n) is 6.93. The number of methoxy groups -OCH3 is 2. The summed E-state index contributed by atoms with van der Waals surface area (Å²) < 4.78 is 82.3. The number of carbonyl (C=O) groups is 2. The predicted molar refractivity (Wildman–Crippen MR) is 215 cm³/mol. The first kappa shape index (κ1) is 44.9. The van der Waals surface area contributed by atoms with E-state index in [2.05, 4.69) is 5.32 Å². The first-order valence-corrected chi connectivity index (χ1v) is 22.6. The van der Waals surface area contributed by atoms with Crippen LogP contribution in [0.5, 0.6) is 17.2 Å². The van der Waals surface area contributed by atoms with Gasteiger partial charge in [0.05, 0.1) is 62.0 Å². The number of amides is 1. The molecule has 1 unspecified atom stereocenters. The smallest absolute Gasteiger partial charge is 0.407 e. The number of alkyl carbamates (subject to hydrolysis) is 1. The molecular weight excluding hydrogens is 791 g/mol. The Morgan fingerprint density at radius 2 is 1.62 bits per heavy atom. The molecule has 2 fully saturated rings. The largest absolute Gasteiger partial charge is 0.497 e. The molecule has 15 nitrogen and oxygen atoms in total. The van der Waals surface area contributed by atoms with Crippen LogP contribution in [-0.4, -0.2) is 107 Å². The molecule has 6 atom stereocenters.